The molecule has 0 fully saturated rings. The summed E-state index contributed by atoms with van der Waals surface area (Å²) in [6.45, 7) is 2.67. The van der Waals surface area contributed by atoms with Crippen LogP contribution < -0.4 is 10.5 Å². The lowest BCUT2D eigenvalue weighted by atomic mass is 10.1. The second kappa shape index (κ2) is 7.87. The number of hydrogen-bond donors (Lipinski definition) is 1. The Bertz CT molecular complexity index is 938. The number of benzene rings is 2. The van der Waals surface area contributed by atoms with Crippen LogP contribution in [0.2, 0.25) is 10.0 Å². The van der Waals surface area contributed by atoms with E-state index in [-0.39, 0.29) is 6.61 Å². The maximum atomic E-state index is 6.49. The molecular formula is C20H18Cl2N2O. The fourth-order valence-electron chi connectivity index (χ4n) is 2.56. The van der Waals surface area contributed by atoms with Gasteiger partial charge in [-0.25, -0.2) is 4.98 Å². The highest BCUT2D eigenvalue weighted by Gasteiger charge is 2.12. The summed E-state index contributed by atoms with van der Waals surface area (Å²) in [5.74, 6) is 0.705. The fraction of sp³-hybridized carbons (Fsp3) is 0.150. The first-order valence-electron chi connectivity index (χ1n) is 7.93. The molecule has 2 N–H and O–H groups in total. The van der Waals surface area contributed by atoms with Crippen LogP contribution >= 0.6 is 23.2 Å². The predicted octanol–water partition coefficient (Wildman–Crippen LogP) is 5.40. The summed E-state index contributed by atoms with van der Waals surface area (Å²) in [6.07, 6.45) is 3.72. The van der Waals surface area contributed by atoms with Crippen molar-refractivity contribution in [3.63, 3.8) is 0 Å². The summed E-state index contributed by atoms with van der Waals surface area (Å²) in [5.41, 5.74) is 8.88. The lowest BCUT2D eigenvalue weighted by molar-refractivity contribution is 0.309. The Labute approximate surface area is 157 Å². The third-order valence-electron chi connectivity index (χ3n) is 3.84. The first kappa shape index (κ1) is 17.7. The van der Waals surface area contributed by atoms with Gasteiger partial charge in [-0.1, -0.05) is 59.6 Å². The van der Waals surface area contributed by atoms with Crippen LogP contribution in [0.5, 0.6) is 5.75 Å². The van der Waals surface area contributed by atoms with Crippen LogP contribution in [0.25, 0.3) is 17.0 Å². The molecule has 0 aliphatic carbocycles. The molecule has 0 spiro atoms. The number of fused-ring (bicyclic) bond motifs is 1. The van der Waals surface area contributed by atoms with E-state index in [0.717, 1.165) is 27.7 Å². The van der Waals surface area contributed by atoms with Gasteiger partial charge in [0.05, 0.1) is 5.02 Å². The number of halogens is 2. The van der Waals surface area contributed by atoms with Gasteiger partial charge in [0.15, 0.2) is 0 Å². The summed E-state index contributed by atoms with van der Waals surface area (Å²) < 4.78 is 6.00. The minimum atomic E-state index is 0.261. The minimum Gasteiger partial charge on any atom is -0.487 e. The van der Waals surface area contributed by atoms with Gasteiger partial charge in [-0.05, 0) is 30.7 Å². The number of aryl methyl sites for hydroxylation is 1. The van der Waals surface area contributed by atoms with Crippen molar-refractivity contribution in [2.24, 2.45) is 5.73 Å². The van der Waals surface area contributed by atoms with Crippen LogP contribution in [-0.2, 0) is 6.61 Å². The molecule has 5 heteroatoms. The van der Waals surface area contributed by atoms with Crippen molar-refractivity contribution in [2.45, 2.75) is 13.5 Å². The molecule has 2 aromatic carbocycles. The van der Waals surface area contributed by atoms with Crippen molar-refractivity contribution in [3.05, 3.63) is 75.4 Å². The number of ether oxygens (including phenoxy) is 1. The van der Waals surface area contributed by atoms with Gasteiger partial charge >= 0.3 is 0 Å². The van der Waals surface area contributed by atoms with Crippen molar-refractivity contribution in [3.8, 4) is 5.75 Å². The maximum Gasteiger partial charge on any atom is 0.146 e. The highest BCUT2D eigenvalue weighted by molar-refractivity contribution is 6.36. The van der Waals surface area contributed by atoms with E-state index in [2.05, 4.69) is 4.98 Å². The molecule has 3 rings (SSSR count). The Morgan fingerprint density at radius 3 is 2.76 bits per heavy atom. The first-order chi connectivity index (χ1) is 12.1. The minimum absolute atomic E-state index is 0.261. The number of nitrogens with two attached hydrogens (primary N) is 1. The highest BCUT2D eigenvalue weighted by atomic mass is 35.5. The Morgan fingerprint density at radius 1 is 1.12 bits per heavy atom. The van der Waals surface area contributed by atoms with Crippen LogP contribution in [0.15, 0.2) is 48.5 Å². The summed E-state index contributed by atoms with van der Waals surface area (Å²) >= 11 is 12.8. The Hall–Kier alpha value is -2.07. The molecule has 1 heterocycles. The molecule has 0 radical (unpaired) electrons. The SMILES string of the molecule is Cc1ccc2cccc(OCc3c(Cl)ccc(/C=C/CN)c3Cl)c2n1. The molecule has 3 nitrogen and oxygen atoms in total. The normalized spacial score (nSPS) is 11.4. The van der Waals surface area contributed by atoms with Crippen molar-refractivity contribution >= 4 is 40.2 Å². The lowest BCUT2D eigenvalue weighted by Gasteiger charge is -2.13. The second-order valence-electron chi connectivity index (χ2n) is 5.64. The highest BCUT2D eigenvalue weighted by Crippen LogP contribution is 2.31. The smallest absolute Gasteiger partial charge is 0.146 e. The van der Waals surface area contributed by atoms with E-state index in [9.17, 15) is 0 Å². The molecule has 0 bridgehead atoms. The predicted molar refractivity (Wildman–Crippen MR) is 105 cm³/mol. The number of para-hydroxylation sites is 1. The Morgan fingerprint density at radius 2 is 1.96 bits per heavy atom. The number of rotatable bonds is 5. The average Bonchev–Trinajstić information content (AvgIpc) is 2.61. The second-order valence-corrected chi connectivity index (χ2v) is 6.42. The van der Waals surface area contributed by atoms with E-state index >= 15 is 0 Å². The van der Waals surface area contributed by atoms with Crippen molar-refractivity contribution < 1.29 is 4.74 Å². The van der Waals surface area contributed by atoms with Crippen LogP contribution in [0.1, 0.15) is 16.8 Å². The standard InChI is InChI=1S/C20H18Cl2N2O/c1-13-7-8-15-4-2-6-18(20(15)24-13)25-12-16-17(21)10-9-14(19(16)22)5-3-11-23/h2-10H,11-12,23H2,1H3/b5-3+. The molecular weight excluding hydrogens is 355 g/mol. The molecule has 0 atom stereocenters. The maximum absolute atomic E-state index is 6.49. The van der Waals surface area contributed by atoms with Crippen LogP contribution in [-0.4, -0.2) is 11.5 Å². The topological polar surface area (TPSA) is 48.1 Å². The van der Waals surface area contributed by atoms with E-state index in [1.165, 1.54) is 0 Å². The number of nitrogens with zero attached hydrogens (tertiary/aromatic N) is 1. The van der Waals surface area contributed by atoms with E-state index < -0.39 is 0 Å². The van der Waals surface area contributed by atoms with E-state index in [0.29, 0.717) is 22.3 Å². The summed E-state index contributed by atoms with van der Waals surface area (Å²) in [5, 5.41) is 2.17. The molecule has 0 saturated carbocycles. The molecule has 1 aromatic heterocycles. The molecule has 0 amide bonds. The zero-order valence-corrected chi connectivity index (χ0v) is 15.3. The largest absolute Gasteiger partial charge is 0.487 e. The number of hydrogen-bond acceptors (Lipinski definition) is 3. The monoisotopic (exact) mass is 372 g/mol. The molecule has 0 aliphatic heterocycles. The van der Waals surface area contributed by atoms with E-state index in [1.807, 2.05) is 61.5 Å². The Balaban J connectivity index is 1.92. The third-order valence-corrected chi connectivity index (χ3v) is 4.64. The Kier molecular flexibility index (Phi) is 5.59. The fourth-order valence-corrected chi connectivity index (χ4v) is 3.10. The quantitative estimate of drug-likeness (QED) is 0.651. The van der Waals surface area contributed by atoms with Crippen molar-refractivity contribution in [2.75, 3.05) is 6.54 Å². The lowest BCUT2D eigenvalue weighted by Crippen LogP contribution is -2.00. The molecule has 25 heavy (non-hydrogen) atoms. The van der Waals surface area contributed by atoms with Gasteiger partial charge in [0.25, 0.3) is 0 Å². The van der Waals surface area contributed by atoms with Gasteiger partial charge < -0.3 is 10.5 Å². The molecule has 0 aliphatic rings. The zero-order valence-electron chi connectivity index (χ0n) is 13.8. The van der Waals surface area contributed by atoms with Crippen molar-refractivity contribution in [1.82, 2.24) is 4.98 Å². The van der Waals surface area contributed by atoms with Gasteiger partial charge in [0.1, 0.15) is 17.9 Å². The van der Waals surface area contributed by atoms with Gasteiger partial charge in [0, 0.05) is 28.2 Å². The summed E-state index contributed by atoms with van der Waals surface area (Å²) in [6, 6.07) is 13.5. The molecule has 0 saturated heterocycles. The average molecular weight is 373 g/mol. The summed E-state index contributed by atoms with van der Waals surface area (Å²) in [4.78, 5) is 4.57. The number of pyridine rings is 1. The molecule has 3 aromatic rings. The third kappa shape index (κ3) is 3.96. The van der Waals surface area contributed by atoms with Crippen LogP contribution in [0, 0.1) is 6.92 Å². The number of aromatic nitrogens is 1. The van der Waals surface area contributed by atoms with E-state index in [1.54, 1.807) is 0 Å². The van der Waals surface area contributed by atoms with Crippen molar-refractivity contribution in [1.29, 1.82) is 0 Å². The zero-order chi connectivity index (χ0) is 17.8. The van der Waals surface area contributed by atoms with Crippen LogP contribution in [0.3, 0.4) is 0 Å². The van der Waals surface area contributed by atoms with Gasteiger partial charge in [-0.2, -0.15) is 0 Å². The summed E-state index contributed by atoms with van der Waals surface area (Å²) in [7, 11) is 0. The van der Waals surface area contributed by atoms with Gasteiger partial charge in [0.2, 0.25) is 0 Å². The van der Waals surface area contributed by atoms with Gasteiger partial charge in [-0.15, -0.1) is 0 Å². The molecule has 0 unspecified atom stereocenters. The van der Waals surface area contributed by atoms with Gasteiger partial charge in [-0.3, -0.25) is 0 Å². The van der Waals surface area contributed by atoms with E-state index in [4.69, 9.17) is 33.7 Å². The first-order valence-corrected chi connectivity index (χ1v) is 8.68. The van der Waals surface area contributed by atoms with Crippen LogP contribution in [0.4, 0.5) is 0 Å². The molecule has 128 valence electrons.